The van der Waals surface area contributed by atoms with Crippen molar-refractivity contribution in [3.05, 3.63) is 64.4 Å². The van der Waals surface area contributed by atoms with Gasteiger partial charge in [0.25, 0.3) is 0 Å². The predicted octanol–water partition coefficient (Wildman–Crippen LogP) is 6.23. The van der Waals surface area contributed by atoms with Crippen LogP contribution in [-0.4, -0.2) is 25.1 Å². The SMILES string of the molecule is FC1=CCc2sc(Nc3nc(Nc4ccc5[nH]ncc5c4)c4sccc4n3)nc2C(F)=C1. The van der Waals surface area contributed by atoms with Crippen molar-refractivity contribution in [3.63, 3.8) is 0 Å². The van der Waals surface area contributed by atoms with Crippen molar-refractivity contribution in [2.24, 2.45) is 0 Å². The number of nitrogens with zero attached hydrogens (tertiary/aromatic N) is 4. The number of fused-ring (bicyclic) bond motifs is 3. The lowest BCUT2D eigenvalue weighted by atomic mass is 10.2. The Kier molecular flexibility index (Phi) is 4.44. The average Bonchev–Trinajstić information content (AvgIpc) is 3.50. The van der Waals surface area contributed by atoms with Crippen LogP contribution in [0.15, 0.2) is 53.8 Å². The topological polar surface area (TPSA) is 91.4 Å². The monoisotopic (exact) mass is 465 g/mol. The van der Waals surface area contributed by atoms with E-state index < -0.39 is 11.7 Å². The van der Waals surface area contributed by atoms with Crippen LogP contribution >= 0.6 is 22.7 Å². The van der Waals surface area contributed by atoms with E-state index in [1.807, 2.05) is 29.6 Å². The van der Waals surface area contributed by atoms with Gasteiger partial charge in [0.2, 0.25) is 5.95 Å². The summed E-state index contributed by atoms with van der Waals surface area (Å²) < 4.78 is 28.6. The van der Waals surface area contributed by atoms with Crippen LogP contribution in [0.4, 0.5) is 31.4 Å². The molecule has 4 heterocycles. The number of H-pyrrole nitrogens is 1. The van der Waals surface area contributed by atoms with Gasteiger partial charge in [0.15, 0.2) is 16.8 Å². The second kappa shape index (κ2) is 7.46. The number of allylic oxidation sites excluding steroid dienone is 3. The first kappa shape index (κ1) is 19.0. The van der Waals surface area contributed by atoms with Crippen LogP contribution in [0.25, 0.3) is 26.9 Å². The molecule has 1 aromatic carbocycles. The number of thiophene rings is 1. The minimum atomic E-state index is -0.693. The van der Waals surface area contributed by atoms with Crippen LogP contribution < -0.4 is 10.6 Å². The maximum Gasteiger partial charge on any atom is 0.231 e. The highest BCUT2D eigenvalue weighted by Crippen LogP contribution is 2.35. The summed E-state index contributed by atoms with van der Waals surface area (Å²) in [6, 6.07) is 7.77. The van der Waals surface area contributed by atoms with Gasteiger partial charge in [-0.1, -0.05) is 0 Å². The molecule has 0 bridgehead atoms. The normalized spacial score (nSPS) is 13.6. The fourth-order valence-corrected chi connectivity index (χ4v) is 5.12. The molecule has 0 saturated carbocycles. The molecule has 0 aliphatic heterocycles. The van der Waals surface area contributed by atoms with Gasteiger partial charge in [-0.15, -0.1) is 22.7 Å². The number of nitrogens with one attached hydrogen (secondary N) is 3. The van der Waals surface area contributed by atoms with Gasteiger partial charge in [-0.25, -0.2) is 18.7 Å². The number of hydrogen-bond donors (Lipinski definition) is 3. The van der Waals surface area contributed by atoms with Crippen molar-refractivity contribution in [2.45, 2.75) is 6.42 Å². The average molecular weight is 466 g/mol. The fourth-order valence-electron chi connectivity index (χ4n) is 3.43. The second-order valence-electron chi connectivity index (χ2n) is 7.03. The van der Waals surface area contributed by atoms with Crippen LogP contribution in [0, 0.1) is 0 Å². The van der Waals surface area contributed by atoms with Gasteiger partial charge in [0.1, 0.15) is 11.5 Å². The number of halogens is 2. The highest BCUT2D eigenvalue weighted by atomic mass is 32.1. The third-order valence-electron chi connectivity index (χ3n) is 4.90. The Bertz CT molecular complexity index is 1550. The number of anilines is 4. The largest absolute Gasteiger partial charge is 0.339 e. The molecule has 0 amide bonds. The summed E-state index contributed by atoms with van der Waals surface area (Å²) in [5, 5.41) is 16.8. The molecule has 1 aliphatic carbocycles. The molecule has 1 aliphatic rings. The zero-order valence-electron chi connectivity index (χ0n) is 16.2. The lowest BCUT2D eigenvalue weighted by Crippen LogP contribution is -2.01. The van der Waals surface area contributed by atoms with Crippen LogP contribution in [-0.2, 0) is 6.42 Å². The molecule has 0 radical (unpaired) electrons. The molecular formula is C21H13F2N7S2. The van der Waals surface area contributed by atoms with Gasteiger partial charge in [0, 0.05) is 28.4 Å². The van der Waals surface area contributed by atoms with Gasteiger partial charge < -0.3 is 5.32 Å². The Labute approximate surface area is 187 Å². The van der Waals surface area contributed by atoms with Crippen molar-refractivity contribution in [1.82, 2.24) is 25.1 Å². The van der Waals surface area contributed by atoms with E-state index in [2.05, 4.69) is 35.8 Å². The standard InChI is InChI=1S/C21H13F2N7S2/c22-11-1-4-16-17(13(23)8-11)27-21(32-16)29-20-26-15-5-6-31-18(15)19(28-20)25-12-2-3-14-10(7-12)9-24-30-14/h1-3,5-9H,4H2,(H,24,30)(H2,25,26,27,28,29). The summed E-state index contributed by atoms with van der Waals surface area (Å²) in [4.78, 5) is 14.1. The zero-order chi connectivity index (χ0) is 21.7. The third kappa shape index (κ3) is 3.41. The molecule has 0 atom stereocenters. The molecule has 0 fully saturated rings. The second-order valence-corrected chi connectivity index (χ2v) is 9.03. The smallest absolute Gasteiger partial charge is 0.231 e. The lowest BCUT2D eigenvalue weighted by Gasteiger charge is -2.09. The first-order valence-electron chi connectivity index (χ1n) is 9.58. The molecule has 6 rings (SSSR count). The quantitative estimate of drug-likeness (QED) is 0.291. The van der Waals surface area contributed by atoms with Gasteiger partial charge in [-0.3, -0.25) is 10.4 Å². The molecular weight excluding hydrogens is 452 g/mol. The molecule has 11 heteroatoms. The minimum Gasteiger partial charge on any atom is -0.339 e. The van der Waals surface area contributed by atoms with Crippen molar-refractivity contribution in [1.29, 1.82) is 0 Å². The maximum absolute atomic E-state index is 14.2. The van der Waals surface area contributed by atoms with Gasteiger partial charge >= 0.3 is 0 Å². The van der Waals surface area contributed by atoms with Gasteiger partial charge in [-0.2, -0.15) is 10.1 Å². The Morgan fingerprint density at radius 1 is 1.06 bits per heavy atom. The summed E-state index contributed by atoms with van der Waals surface area (Å²) >= 11 is 2.78. The molecule has 5 aromatic rings. The summed E-state index contributed by atoms with van der Waals surface area (Å²) in [5.74, 6) is -0.318. The number of aromatic amines is 1. The van der Waals surface area contributed by atoms with Crippen LogP contribution in [0.5, 0.6) is 0 Å². The van der Waals surface area contributed by atoms with Crippen LogP contribution in [0.2, 0.25) is 0 Å². The van der Waals surface area contributed by atoms with Crippen LogP contribution in [0.1, 0.15) is 10.6 Å². The first-order chi connectivity index (χ1) is 15.6. The maximum atomic E-state index is 14.2. The number of thiazole rings is 1. The molecule has 0 saturated heterocycles. The van der Waals surface area contributed by atoms with E-state index in [0.29, 0.717) is 21.8 Å². The summed E-state index contributed by atoms with van der Waals surface area (Å²) in [6.45, 7) is 0. The van der Waals surface area contributed by atoms with Gasteiger partial charge in [-0.05, 0) is 35.7 Å². The lowest BCUT2D eigenvalue weighted by molar-refractivity contribution is 0.657. The first-order valence-corrected chi connectivity index (χ1v) is 11.3. The summed E-state index contributed by atoms with van der Waals surface area (Å²) in [6.07, 6.45) is 4.22. The number of hydrogen-bond acceptors (Lipinski definition) is 8. The van der Waals surface area contributed by atoms with Gasteiger partial charge in [0.05, 0.1) is 21.9 Å². The van der Waals surface area contributed by atoms with Crippen molar-refractivity contribution in [3.8, 4) is 0 Å². The molecule has 4 aromatic heterocycles. The fraction of sp³-hybridized carbons (Fsp3) is 0.0476. The van der Waals surface area contributed by atoms with E-state index in [-0.39, 0.29) is 12.1 Å². The Balaban J connectivity index is 1.34. The highest BCUT2D eigenvalue weighted by molar-refractivity contribution is 7.17. The van der Waals surface area contributed by atoms with E-state index in [1.165, 1.54) is 28.7 Å². The molecule has 3 N–H and O–H groups in total. The van der Waals surface area contributed by atoms with E-state index in [9.17, 15) is 8.78 Å². The molecule has 0 unspecified atom stereocenters. The molecule has 7 nitrogen and oxygen atoms in total. The highest BCUT2D eigenvalue weighted by Gasteiger charge is 2.19. The predicted molar refractivity (Wildman–Crippen MR) is 124 cm³/mol. The zero-order valence-corrected chi connectivity index (χ0v) is 17.8. The van der Waals surface area contributed by atoms with Crippen molar-refractivity contribution < 1.29 is 8.78 Å². The van der Waals surface area contributed by atoms with E-state index >= 15 is 0 Å². The number of rotatable bonds is 4. The van der Waals surface area contributed by atoms with Crippen molar-refractivity contribution >= 4 is 72.2 Å². The Hall–Kier alpha value is -3.70. The van der Waals surface area contributed by atoms with E-state index in [0.717, 1.165) is 32.9 Å². The number of benzene rings is 1. The van der Waals surface area contributed by atoms with Crippen LogP contribution in [0.3, 0.4) is 0 Å². The Morgan fingerprint density at radius 3 is 2.94 bits per heavy atom. The Morgan fingerprint density at radius 2 is 2.00 bits per heavy atom. The molecule has 32 heavy (non-hydrogen) atoms. The number of aromatic nitrogens is 5. The van der Waals surface area contributed by atoms with E-state index in [4.69, 9.17) is 0 Å². The summed E-state index contributed by atoms with van der Waals surface area (Å²) in [7, 11) is 0. The third-order valence-corrected chi connectivity index (χ3v) is 6.80. The van der Waals surface area contributed by atoms with Crippen molar-refractivity contribution in [2.75, 3.05) is 10.6 Å². The molecule has 158 valence electrons. The van der Waals surface area contributed by atoms with E-state index in [1.54, 1.807) is 6.20 Å². The molecule has 0 spiro atoms. The summed E-state index contributed by atoms with van der Waals surface area (Å²) in [5.41, 5.74) is 2.72. The minimum absolute atomic E-state index is 0.143.